The average Bonchev–Trinajstić information content (AvgIpc) is 3.12. The lowest BCUT2D eigenvalue weighted by molar-refractivity contribution is 0.00578. The van der Waals surface area contributed by atoms with Gasteiger partial charge in [-0.3, -0.25) is 0 Å². The van der Waals surface area contributed by atoms with E-state index in [-0.39, 0.29) is 36.6 Å². The Balaban J connectivity index is 1.26. The van der Waals surface area contributed by atoms with Crippen LogP contribution >= 0.6 is 0 Å². The van der Waals surface area contributed by atoms with Gasteiger partial charge in [-0.05, 0) is 89.6 Å². The summed E-state index contributed by atoms with van der Waals surface area (Å²) in [5.74, 6) is 0. The van der Waals surface area contributed by atoms with E-state index in [0.29, 0.717) is 0 Å². The van der Waals surface area contributed by atoms with Gasteiger partial charge in [-0.15, -0.1) is 0 Å². The first-order valence-electron chi connectivity index (χ1n) is 12.7. The topological polar surface area (TPSA) is 43.4 Å². The second-order valence-corrected chi connectivity index (χ2v) is 12.5. The molecule has 0 saturated carbocycles. The summed E-state index contributed by atoms with van der Waals surface area (Å²) < 4.78 is 25.2. The minimum Gasteiger partial charge on any atom is -0.399 e. The fraction of sp³-hybridized carbons (Fsp3) is 0.556. The number of rotatable bonds is 2. The summed E-state index contributed by atoms with van der Waals surface area (Å²) >= 11 is 0. The Kier molecular flexibility index (Phi) is 4.87. The minimum absolute atomic E-state index is 0.341. The Hall–Kier alpha value is -1.99. The van der Waals surface area contributed by atoms with E-state index in [1.54, 1.807) is 0 Å². The van der Waals surface area contributed by atoms with Gasteiger partial charge in [0.05, 0.1) is 29.1 Å². The molecule has 0 N–H and O–H groups in total. The van der Waals surface area contributed by atoms with Crippen molar-refractivity contribution in [2.45, 2.75) is 90.9 Å². The van der Waals surface area contributed by atoms with Gasteiger partial charge in [0, 0.05) is 24.5 Å². The monoisotopic (exact) mass is 474 g/mol. The highest BCUT2D eigenvalue weighted by Gasteiger charge is 2.53. The first-order chi connectivity index (χ1) is 16.3. The van der Waals surface area contributed by atoms with Crippen molar-refractivity contribution >= 4 is 36.5 Å². The molecule has 4 aliphatic rings. The SMILES string of the molecule is CC1(C)OB(c2ccc3c(c2)CN2CN3Cc3cc(B4OC(C)(C)C(C)(C)O4)ccc32)OC1(C)C. The molecule has 4 heterocycles. The third-order valence-corrected chi connectivity index (χ3v) is 9.00. The zero-order valence-corrected chi connectivity index (χ0v) is 22.3. The molecule has 2 bridgehead atoms. The maximum Gasteiger partial charge on any atom is 0.494 e. The van der Waals surface area contributed by atoms with E-state index >= 15 is 0 Å². The molecule has 35 heavy (non-hydrogen) atoms. The Morgan fingerprint density at radius 2 is 0.914 bits per heavy atom. The summed E-state index contributed by atoms with van der Waals surface area (Å²) in [5.41, 5.74) is 5.99. The highest BCUT2D eigenvalue weighted by Crippen LogP contribution is 2.40. The summed E-state index contributed by atoms with van der Waals surface area (Å²) in [4.78, 5) is 4.90. The highest BCUT2D eigenvalue weighted by atomic mass is 16.7. The van der Waals surface area contributed by atoms with Gasteiger partial charge < -0.3 is 28.4 Å². The van der Waals surface area contributed by atoms with Crippen molar-refractivity contribution < 1.29 is 18.6 Å². The average molecular weight is 474 g/mol. The number of nitrogens with zero attached hydrogens (tertiary/aromatic N) is 2. The number of benzene rings is 2. The van der Waals surface area contributed by atoms with Gasteiger partial charge in [-0.1, -0.05) is 24.3 Å². The zero-order chi connectivity index (χ0) is 25.0. The normalized spacial score (nSPS) is 25.0. The van der Waals surface area contributed by atoms with Gasteiger partial charge in [0.1, 0.15) is 0 Å². The molecule has 0 unspecified atom stereocenters. The number of hydrogen-bond acceptors (Lipinski definition) is 6. The Labute approximate surface area is 210 Å². The van der Waals surface area contributed by atoms with Crippen LogP contribution in [-0.4, -0.2) is 43.3 Å². The molecule has 0 aliphatic carbocycles. The smallest absolute Gasteiger partial charge is 0.399 e. The highest BCUT2D eigenvalue weighted by molar-refractivity contribution is 6.62. The number of hydrogen-bond donors (Lipinski definition) is 0. The molecular weight excluding hydrogens is 438 g/mol. The van der Waals surface area contributed by atoms with E-state index in [1.807, 2.05) is 0 Å². The summed E-state index contributed by atoms with van der Waals surface area (Å²) in [6.45, 7) is 19.4. The number of anilines is 2. The lowest BCUT2D eigenvalue weighted by Gasteiger charge is -2.45. The van der Waals surface area contributed by atoms with Crippen LogP contribution in [0.25, 0.3) is 0 Å². The van der Waals surface area contributed by atoms with Crippen LogP contribution in [0, 0.1) is 0 Å². The zero-order valence-electron chi connectivity index (χ0n) is 22.3. The molecule has 0 amide bonds. The Morgan fingerprint density at radius 1 is 0.571 bits per heavy atom. The van der Waals surface area contributed by atoms with E-state index in [2.05, 4.69) is 102 Å². The fourth-order valence-corrected chi connectivity index (χ4v) is 5.37. The van der Waals surface area contributed by atoms with Crippen molar-refractivity contribution in [2.75, 3.05) is 16.5 Å². The molecule has 2 aromatic rings. The summed E-state index contributed by atoms with van der Waals surface area (Å²) in [6.07, 6.45) is 0. The van der Waals surface area contributed by atoms with Crippen LogP contribution in [0.15, 0.2) is 36.4 Å². The van der Waals surface area contributed by atoms with E-state index in [0.717, 1.165) is 30.7 Å². The molecular formula is C27H36B2N2O4. The summed E-state index contributed by atoms with van der Waals surface area (Å²) in [7, 11) is -0.682. The predicted molar refractivity (Wildman–Crippen MR) is 142 cm³/mol. The summed E-state index contributed by atoms with van der Waals surface area (Å²) in [5, 5.41) is 0. The number of fused-ring (bicyclic) bond motifs is 6. The molecule has 6 rings (SSSR count). The van der Waals surface area contributed by atoms with Crippen molar-refractivity contribution in [3.63, 3.8) is 0 Å². The van der Waals surface area contributed by atoms with Gasteiger partial charge >= 0.3 is 14.2 Å². The van der Waals surface area contributed by atoms with E-state index < -0.39 is 0 Å². The minimum atomic E-state index is -0.342. The van der Waals surface area contributed by atoms with E-state index in [9.17, 15) is 0 Å². The predicted octanol–water partition coefficient (Wildman–Crippen LogP) is 3.58. The van der Waals surface area contributed by atoms with Crippen molar-refractivity contribution in [3.05, 3.63) is 47.5 Å². The molecule has 0 spiro atoms. The van der Waals surface area contributed by atoms with Crippen LogP contribution in [0.1, 0.15) is 66.5 Å². The van der Waals surface area contributed by atoms with Gasteiger partial charge in [0.15, 0.2) is 0 Å². The first-order valence-corrected chi connectivity index (χ1v) is 12.7. The van der Waals surface area contributed by atoms with Crippen molar-refractivity contribution in [3.8, 4) is 0 Å². The lowest BCUT2D eigenvalue weighted by atomic mass is 9.77. The second-order valence-electron chi connectivity index (χ2n) is 12.5. The maximum absolute atomic E-state index is 6.31. The molecule has 184 valence electrons. The van der Waals surface area contributed by atoms with Crippen molar-refractivity contribution in [1.82, 2.24) is 0 Å². The second kappa shape index (κ2) is 7.28. The van der Waals surface area contributed by atoms with E-state index in [1.165, 1.54) is 22.5 Å². The van der Waals surface area contributed by atoms with Crippen molar-refractivity contribution in [1.29, 1.82) is 0 Å². The molecule has 0 radical (unpaired) electrons. The third kappa shape index (κ3) is 3.56. The van der Waals surface area contributed by atoms with Crippen LogP contribution < -0.4 is 20.7 Å². The molecule has 0 atom stereocenters. The summed E-state index contributed by atoms with van der Waals surface area (Å²) in [6, 6.07) is 13.3. The molecule has 2 aromatic carbocycles. The van der Waals surface area contributed by atoms with Crippen molar-refractivity contribution in [2.24, 2.45) is 0 Å². The Bertz CT molecular complexity index is 1070. The third-order valence-electron chi connectivity index (χ3n) is 9.00. The quantitative estimate of drug-likeness (QED) is 0.621. The first kappa shape index (κ1) is 23.4. The van der Waals surface area contributed by atoms with Crippen LogP contribution in [0.4, 0.5) is 11.4 Å². The van der Waals surface area contributed by atoms with Gasteiger partial charge in [0.25, 0.3) is 0 Å². The van der Waals surface area contributed by atoms with Crippen LogP contribution in [0.2, 0.25) is 0 Å². The van der Waals surface area contributed by atoms with Gasteiger partial charge in [-0.25, -0.2) is 0 Å². The molecule has 2 saturated heterocycles. The van der Waals surface area contributed by atoms with Gasteiger partial charge in [-0.2, -0.15) is 0 Å². The fourth-order valence-electron chi connectivity index (χ4n) is 5.37. The standard InChI is InChI=1S/C27H36B2N2O4/c1-24(2)25(3,4)33-28(32-24)20-9-11-22-18(13-20)15-30-17-31(22)16-19-14-21(10-12-23(19)30)29-34-26(5,6)27(7,8)35-29/h9-14H,15-17H2,1-8H3. The largest absolute Gasteiger partial charge is 0.494 e. The lowest BCUT2D eigenvalue weighted by Crippen LogP contribution is -2.47. The van der Waals surface area contributed by atoms with E-state index in [4.69, 9.17) is 18.6 Å². The maximum atomic E-state index is 6.31. The molecule has 0 aromatic heterocycles. The Morgan fingerprint density at radius 3 is 1.26 bits per heavy atom. The van der Waals surface area contributed by atoms with Crippen LogP contribution in [-0.2, 0) is 31.7 Å². The molecule has 4 aliphatic heterocycles. The van der Waals surface area contributed by atoms with Crippen LogP contribution in [0.3, 0.4) is 0 Å². The van der Waals surface area contributed by atoms with Gasteiger partial charge in [0.2, 0.25) is 0 Å². The molecule has 6 nitrogen and oxygen atoms in total. The molecule has 8 heteroatoms. The van der Waals surface area contributed by atoms with Crippen LogP contribution in [0.5, 0.6) is 0 Å². The molecule has 2 fully saturated rings.